The highest BCUT2D eigenvalue weighted by Gasteiger charge is 2.56. The van der Waals surface area contributed by atoms with E-state index in [2.05, 4.69) is 12.2 Å². The SMILES string of the molecule is CCOC(=O)N1C2CCC1CC(C(=O)O)(C1C=CCCC1)C2. The fourth-order valence-corrected chi connectivity index (χ4v) is 4.69. The monoisotopic (exact) mass is 307 g/mol. The number of hydrogen-bond acceptors (Lipinski definition) is 3. The lowest BCUT2D eigenvalue weighted by molar-refractivity contribution is -0.157. The Hall–Kier alpha value is -1.52. The molecule has 2 saturated heterocycles. The summed E-state index contributed by atoms with van der Waals surface area (Å²) in [6, 6.07) is 0.0356. The molecule has 0 radical (unpaired) electrons. The molecule has 3 rings (SSSR count). The Labute approximate surface area is 131 Å². The normalized spacial score (nSPS) is 37.1. The van der Waals surface area contributed by atoms with Crippen molar-refractivity contribution in [2.24, 2.45) is 11.3 Å². The largest absolute Gasteiger partial charge is 0.481 e. The van der Waals surface area contributed by atoms with Crippen LogP contribution in [0.25, 0.3) is 0 Å². The molecule has 2 aliphatic heterocycles. The molecule has 2 bridgehead atoms. The minimum atomic E-state index is -0.703. The molecule has 1 amide bonds. The summed E-state index contributed by atoms with van der Waals surface area (Å²) >= 11 is 0. The summed E-state index contributed by atoms with van der Waals surface area (Å²) in [7, 11) is 0. The molecule has 3 atom stereocenters. The zero-order chi connectivity index (χ0) is 15.7. The first kappa shape index (κ1) is 15.4. The predicted molar refractivity (Wildman–Crippen MR) is 81.5 cm³/mol. The molecule has 2 heterocycles. The summed E-state index contributed by atoms with van der Waals surface area (Å²) in [5, 5.41) is 9.96. The van der Waals surface area contributed by atoms with Crippen LogP contribution in [0.1, 0.15) is 51.9 Å². The minimum absolute atomic E-state index is 0.0178. The maximum Gasteiger partial charge on any atom is 0.410 e. The summed E-state index contributed by atoms with van der Waals surface area (Å²) in [6.07, 6.45) is 9.94. The predicted octanol–water partition coefficient (Wildman–Crippen LogP) is 3.20. The molecule has 0 aromatic heterocycles. The second-order valence-corrected chi connectivity index (χ2v) is 6.83. The van der Waals surface area contributed by atoms with E-state index in [4.69, 9.17) is 4.74 Å². The molecule has 3 aliphatic rings. The van der Waals surface area contributed by atoms with Crippen LogP contribution in [0.5, 0.6) is 0 Å². The molecule has 1 aliphatic carbocycles. The van der Waals surface area contributed by atoms with Crippen LogP contribution in [-0.4, -0.2) is 40.8 Å². The van der Waals surface area contributed by atoms with E-state index in [9.17, 15) is 14.7 Å². The van der Waals surface area contributed by atoms with Gasteiger partial charge < -0.3 is 14.7 Å². The molecular weight excluding hydrogens is 282 g/mol. The van der Waals surface area contributed by atoms with Crippen molar-refractivity contribution in [1.29, 1.82) is 0 Å². The number of ether oxygens (including phenoxy) is 1. The van der Waals surface area contributed by atoms with Gasteiger partial charge in [0.1, 0.15) is 0 Å². The van der Waals surface area contributed by atoms with Crippen LogP contribution >= 0.6 is 0 Å². The maximum absolute atomic E-state index is 12.2. The minimum Gasteiger partial charge on any atom is -0.481 e. The van der Waals surface area contributed by atoms with Crippen LogP contribution < -0.4 is 0 Å². The maximum atomic E-state index is 12.2. The first-order chi connectivity index (χ1) is 10.6. The van der Waals surface area contributed by atoms with Crippen LogP contribution in [-0.2, 0) is 9.53 Å². The van der Waals surface area contributed by atoms with E-state index in [0.29, 0.717) is 19.4 Å². The number of rotatable bonds is 3. The third kappa shape index (κ3) is 2.40. The fourth-order valence-electron chi connectivity index (χ4n) is 4.69. The zero-order valence-electron chi connectivity index (χ0n) is 13.2. The molecule has 3 unspecified atom stereocenters. The van der Waals surface area contributed by atoms with Gasteiger partial charge in [-0.25, -0.2) is 4.79 Å². The van der Waals surface area contributed by atoms with E-state index >= 15 is 0 Å². The Morgan fingerprint density at radius 1 is 1.27 bits per heavy atom. The fraction of sp³-hybridized carbons (Fsp3) is 0.765. The highest BCUT2D eigenvalue weighted by atomic mass is 16.6. The molecule has 0 saturated carbocycles. The summed E-state index contributed by atoms with van der Waals surface area (Å²) in [4.78, 5) is 26.1. The van der Waals surface area contributed by atoms with Crippen molar-refractivity contribution >= 4 is 12.1 Å². The molecule has 122 valence electrons. The third-order valence-electron chi connectivity index (χ3n) is 5.69. The van der Waals surface area contributed by atoms with Gasteiger partial charge in [-0.2, -0.15) is 0 Å². The lowest BCUT2D eigenvalue weighted by Crippen LogP contribution is -2.55. The molecular formula is C17H25NO4. The molecule has 0 aromatic rings. The van der Waals surface area contributed by atoms with Gasteiger partial charge in [-0.3, -0.25) is 4.79 Å². The van der Waals surface area contributed by atoms with E-state index in [1.54, 1.807) is 6.92 Å². The topological polar surface area (TPSA) is 66.8 Å². The number of fused-ring (bicyclic) bond motifs is 2. The van der Waals surface area contributed by atoms with E-state index in [1.807, 2.05) is 4.90 Å². The van der Waals surface area contributed by atoms with Crippen LogP contribution in [0.3, 0.4) is 0 Å². The Kier molecular flexibility index (Phi) is 4.15. The number of piperidine rings is 1. The number of nitrogens with zero attached hydrogens (tertiary/aromatic N) is 1. The van der Waals surface area contributed by atoms with Gasteiger partial charge in [0.15, 0.2) is 0 Å². The van der Waals surface area contributed by atoms with Gasteiger partial charge in [0, 0.05) is 12.1 Å². The van der Waals surface area contributed by atoms with Crippen molar-refractivity contribution in [3.05, 3.63) is 12.2 Å². The quantitative estimate of drug-likeness (QED) is 0.813. The van der Waals surface area contributed by atoms with Crippen LogP contribution in [0, 0.1) is 11.3 Å². The van der Waals surface area contributed by atoms with E-state index < -0.39 is 11.4 Å². The molecule has 22 heavy (non-hydrogen) atoms. The number of carboxylic acid groups (broad SMARTS) is 1. The molecule has 2 fully saturated rings. The van der Waals surface area contributed by atoms with Crippen molar-refractivity contribution in [2.75, 3.05) is 6.61 Å². The zero-order valence-corrected chi connectivity index (χ0v) is 13.2. The second-order valence-electron chi connectivity index (χ2n) is 6.83. The second kappa shape index (κ2) is 5.94. The number of allylic oxidation sites excluding steroid dienone is 2. The number of aliphatic carboxylic acids is 1. The molecule has 5 heteroatoms. The number of carboxylic acids is 1. The first-order valence-corrected chi connectivity index (χ1v) is 8.43. The number of carbonyl (C=O) groups excluding carboxylic acids is 1. The summed E-state index contributed by atoms with van der Waals surface area (Å²) in [5.74, 6) is -0.587. The van der Waals surface area contributed by atoms with Crippen molar-refractivity contribution in [3.63, 3.8) is 0 Å². The van der Waals surface area contributed by atoms with Gasteiger partial charge in [-0.05, 0) is 57.8 Å². The molecule has 0 aromatic carbocycles. The third-order valence-corrected chi connectivity index (χ3v) is 5.69. The lowest BCUT2D eigenvalue weighted by atomic mass is 9.64. The van der Waals surface area contributed by atoms with E-state index in [-0.39, 0.29) is 24.1 Å². The van der Waals surface area contributed by atoms with Gasteiger partial charge >= 0.3 is 12.1 Å². The van der Waals surface area contributed by atoms with Crippen LogP contribution in [0.4, 0.5) is 4.79 Å². The van der Waals surface area contributed by atoms with Gasteiger partial charge in [-0.15, -0.1) is 0 Å². The van der Waals surface area contributed by atoms with Gasteiger partial charge in [0.05, 0.1) is 12.0 Å². The van der Waals surface area contributed by atoms with Gasteiger partial charge in [0.25, 0.3) is 0 Å². The summed E-state index contributed by atoms with van der Waals surface area (Å²) in [5.41, 5.74) is -0.703. The first-order valence-electron chi connectivity index (χ1n) is 8.43. The lowest BCUT2D eigenvalue weighted by Gasteiger charge is -2.47. The molecule has 1 N–H and O–H groups in total. The Morgan fingerprint density at radius 2 is 1.95 bits per heavy atom. The molecule has 5 nitrogen and oxygen atoms in total. The Balaban J connectivity index is 1.85. The standard InChI is InChI=1S/C17H25NO4/c1-2-22-16(21)18-13-8-9-14(18)11-17(10-13,15(19)20)12-6-4-3-5-7-12/h4,6,12-14H,2-3,5,7-11H2,1H3,(H,19,20). The van der Waals surface area contributed by atoms with Crippen molar-refractivity contribution in [2.45, 2.75) is 64.0 Å². The highest BCUT2D eigenvalue weighted by molar-refractivity contribution is 5.77. The van der Waals surface area contributed by atoms with Crippen molar-refractivity contribution < 1.29 is 19.4 Å². The molecule has 0 spiro atoms. The van der Waals surface area contributed by atoms with E-state index in [1.165, 1.54) is 0 Å². The van der Waals surface area contributed by atoms with Gasteiger partial charge in [-0.1, -0.05) is 12.2 Å². The average Bonchev–Trinajstić information content (AvgIpc) is 2.79. The van der Waals surface area contributed by atoms with Crippen LogP contribution in [0.2, 0.25) is 0 Å². The summed E-state index contributed by atoms with van der Waals surface area (Å²) < 4.78 is 5.16. The van der Waals surface area contributed by atoms with Crippen molar-refractivity contribution in [3.8, 4) is 0 Å². The van der Waals surface area contributed by atoms with Gasteiger partial charge in [0.2, 0.25) is 0 Å². The summed E-state index contributed by atoms with van der Waals surface area (Å²) in [6.45, 7) is 2.17. The highest BCUT2D eigenvalue weighted by Crippen LogP contribution is 2.52. The number of amides is 1. The average molecular weight is 307 g/mol. The Bertz CT molecular complexity index is 473. The van der Waals surface area contributed by atoms with E-state index in [0.717, 1.165) is 32.1 Å². The smallest absolute Gasteiger partial charge is 0.410 e. The number of carbonyl (C=O) groups is 2. The Morgan fingerprint density at radius 3 is 2.45 bits per heavy atom. The number of hydrogen-bond donors (Lipinski definition) is 1. The van der Waals surface area contributed by atoms with Crippen molar-refractivity contribution in [1.82, 2.24) is 4.90 Å². The van der Waals surface area contributed by atoms with Crippen LogP contribution in [0.15, 0.2) is 12.2 Å².